The van der Waals surface area contributed by atoms with Gasteiger partial charge in [-0.25, -0.2) is 0 Å². The van der Waals surface area contributed by atoms with Gasteiger partial charge in [0.15, 0.2) is 0 Å². The molecule has 0 fully saturated rings. The van der Waals surface area contributed by atoms with Crippen LogP contribution >= 0.6 is 11.6 Å². The highest BCUT2D eigenvalue weighted by Gasteiger charge is 2.07. The Morgan fingerprint density at radius 1 is 1.00 bits per heavy atom. The summed E-state index contributed by atoms with van der Waals surface area (Å²) in [7, 11) is 0. The molecule has 1 N–H and O–H groups in total. The van der Waals surface area contributed by atoms with Crippen LogP contribution in [0.2, 0.25) is 5.02 Å². The molecule has 0 aliphatic carbocycles. The normalized spacial score (nSPS) is 11.9. The van der Waals surface area contributed by atoms with Crippen LogP contribution in [0.15, 0.2) is 12.1 Å². The average molecular weight is 282 g/mol. The number of unbranched alkanes of at least 4 members (excludes halogenated alkanes) is 2. The van der Waals surface area contributed by atoms with Gasteiger partial charge in [-0.3, -0.25) is 0 Å². The largest absolute Gasteiger partial charge is 0.312 e. The minimum atomic E-state index is 0.240. The fourth-order valence-corrected chi connectivity index (χ4v) is 2.41. The van der Waals surface area contributed by atoms with Crippen LogP contribution in [0.25, 0.3) is 0 Å². The molecule has 0 heterocycles. The van der Waals surface area contributed by atoms with Gasteiger partial charge in [-0.15, -0.1) is 0 Å². The third kappa shape index (κ3) is 6.44. The van der Waals surface area contributed by atoms with Crippen LogP contribution in [-0.4, -0.2) is 12.1 Å². The van der Waals surface area contributed by atoms with E-state index >= 15 is 0 Å². The Morgan fingerprint density at radius 3 is 2.32 bits per heavy atom. The van der Waals surface area contributed by atoms with E-state index in [1.54, 1.807) is 0 Å². The highest BCUT2D eigenvalue weighted by atomic mass is 35.5. The molecule has 1 aromatic carbocycles. The van der Waals surface area contributed by atoms with Crippen molar-refractivity contribution in [2.24, 2.45) is 0 Å². The summed E-state index contributed by atoms with van der Waals surface area (Å²) >= 11 is 6.12. The molecule has 1 nitrogen and oxygen atoms in total. The molecular weight excluding hydrogens is 254 g/mol. The third-order valence-electron chi connectivity index (χ3n) is 3.40. The highest BCUT2D eigenvalue weighted by molar-refractivity contribution is 6.31. The lowest BCUT2D eigenvalue weighted by molar-refractivity contribution is 0.417. The number of aryl methyl sites for hydroxylation is 3. The Kier molecular flexibility index (Phi) is 6.35. The first-order chi connectivity index (χ1) is 8.79. The molecular formula is C17H28ClN. The van der Waals surface area contributed by atoms with E-state index < -0.39 is 0 Å². The summed E-state index contributed by atoms with van der Waals surface area (Å²) in [6.07, 6.45) is 4.96. The van der Waals surface area contributed by atoms with Gasteiger partial charge in [0.1, 0.15) is 0 Å². The predicted molar refractivity (Wildman–Crippen MR) is 86.2 cm³/mol. The number of halogens is 1. The van der Waals surface area contributed by atoms with Crippen molar-refractivity contribution in [3.05, 3.63) is 33.8 Å². The standard InChI is InChI=1S/C17H28ClN/c1-13-12-16(18)14(2)11-15(13)9-7-6-8-10-19-17(3,4)5/h11-12,19H,6-10H2,1-5H3. The maximum atomic E-state index is 6.12. The molecule has 0 amide bonds. The van der Waals surface area contributed by atoms with Crippen molar-refractivity contribution in [3.63, 3.8) is 0 Å². The average Bonchev–Trinajstić information content (AvgIpc) is 2.28. The summed E-state index contributed by atoms with van der Waals surface area (Å²) in [6.45, 7) is 12.0. The summed E-state index contributed by atoms with van der Waals surface area (Å²) in [5, 5.41) is 4.42. The molecule has 0 saturated heterocycles. The van der Waals surface area contributed by atoms with E-state index in [1.165, 1.54) is 42.4 Å². The van der Waals surface area contributed by atoms with Gasteiger partial charge in [0.05, 0.1) is 0 Å². The Balaban J connectivity index is 2.28. The van der Waals surface area contributed by atoms with Crippen molar-refractivity contribution >= 4 is 11.6 Å². The summed E-state index contributed by atoms with van der Waals surface area (Å²) in [6, 6.07) is 4.33. The van der Waals surface area contributed by atoms with Crippen LogP contribution in [-0.2, 0) is 6.42 Å². The van der Waals surface area contributed by atoms with E-state index in [0.717, 1.165) is 11.6 Å². The zero-order valence-corrected chi connectivity index (χ0v) is 13.8. The maximum Gasteiger partial charge on any atom is 0.0438 e. The van der Waals surface area contributed by atoms with Crippen molar-refractivity contribution < 1.29 is 0 Å². The van der Waals surface area contributed by atoms with E-state index in [0.29, 0.717) is 0 Å². The van der Waals surface area contributed by atoms with E-state index in [4.69, 9.17) is 11.6 Å². The van der Waals surface area contributed by atoms with E-state index in [2.05, 4.69) is 52.1 Å². The minimum Gasteiger partial charge on any atom is -0.312 e. The van der Waals surface area contributed by atoms with Crippen molar-refractivity contribution in [1.82, 2.24) is 5.32 Å². The summed E-state index contributed by atoms with van der Waals surface area (Å²) in [5.74, 6) is 0. The Hall–Kier alpha value is -0.530. The van der Waals surface area contributed by atoms with Crippen LogP contribution < -0.4 is 5.32 Å². The van der Waals surface area contributed by atoms with Gasteiger partial charge in [0.25, 0.3) is 0 Å². The lowest BCUT2D eigenvalue weighted by Crippen LogP contribution is -2.36. The molecule has 19 heavy (non-hydrogen) atoms. The molecule has 2 heteroatoms. The van der Waals surface area contributed by atoms with Gasteiger partial charge < -0.3 is 5.32 Å². The Labute approximate surface area is 123 Å². The van der Waals surface area contributed by atoms with Crippen molar-refractivity contribution in [1.29, 1.82) is 0 Å². The molecule has 0 bridgehead atoms. The van der Waals surface area contributed by atoms with Crippen LogP contribution in [0.1, 0.15) is 56.7 Å². The smallest absolute Gasteiger partial charge is 0.0438 e. The van der Waals surface area contributed by atoms with Crippen LogP contribution in [0.4, 0.5) is 0 Å². The number of hydrogen-bond acceptors (Lipinski definition) is 1. The molecule has 1 aromatic rings. The molecule has 0 aromatic heterocycles. The molecule has 0 unspecified atom stereocenters. The monoisotopic (exact) mass is 281 g/mol. The lowest BCUT2D eigenvalue weighted by Gasteiger charge is -2.20. The highest BCUT2D eigenvalue weighted by Crippen LogP contribution is 2.21. The van der Waals surface area contributed by atoms with Crippen molar-refractivity contribution in [2.45, 2.75) is 65.8 Å². The Morgan fingerprint density at radius 2 is 1.68 bits per heavy atom. The molecule has 0 spiro atoms. The first-order valence-electron chi connectivity index (χ1n) is 7.30. The molecule has 1 rings (SSSR count). The summed E-state index contributed by atoms with van der Waals surface area (Å²) < 4.78 is 0. The summed E-state index contributed by atoms with van der Waals surface area (Å²) in [5.41, 5.74) is 4.20. The predicted octanol–water partition coefficient (Wildman–Crippen LogP) is 5.06. The zero-order chi connectivity index (χ0) is 14.5. The van der Waals surface area contributed by atoms with Crippen molar-refractivity contribution in [3.8, 4) is 0 Å². The van der Waals surface area contributed by atoms with Crippen LogP contribution in [0, 0.1) is 13.8 Å². The molecule has 0 atom stereocenters. The summed E-state index contributed by atoms with van der Waals surface area (Å²) in [4.78, 5) is 0. The first kappa shape index (κ1) is 16.5. The van der Waals surface area contributed by atoms with Gasteiger partial charge >= 0.3 is 0 Å². The first-order valence-corrected chi connectivity index (χ1v) is 7.68. The molecule has 0 saturated carbocycles. The SMILES string of the molecule is Cc1cc(CCCCCNC(C)(C)C)c(C)cc1Cl. The van der Waals surface area contributed by atoms with Gasteiger partial charge in [-0.05, 0) is 83.2 Å². The van der Waals surface area contributed by atoms with Gasteiger partial charge in [-0.2, -0.15) is 0 Å². The van der Waals surface area contributed by atoms with E-state index in [-0.39, 0.29) is 5.54 Å². The number of hydrogen-bond donors (Lipinski definition) is 1. The zero-order valence-electron chi connectivity index (χ0n) is 13.1. The second-order valence-electron chi connectivity index (χ2n) is 6.52. The second-order valence-corrected chi connectivity index (χ2v) is 6.92. The quantitative estimate of drug-likeness (QED) is 0.719. The fraction of sp³-hybridized carbons (Fsp3) is 0.647. The van der Waals surface area contributed by atoms with E-state index in [9.17, 15) is 0 Å². The maximum absolute atomic E-state index is 6.12. The number of rotatable bonds is 6. The van der Waals surface area contributed by atoms with E-state index in [1.807, 2.05) is 0 Å². The van der Waals surface area contributed by atoms with Crippen LogP contribution in [0.5, 0.6) is 0 Å². The topological polar surface area (TPSA) is 12.0 Å². The lowest BCUT2D eigenvalue weighted by atomic mass is 10.00. The number of benzene rings is 1. The minimum absolute atomic E-state index is 0.240. The molecule has 0 aliphatic heterocycles. The van der Waals surface area contributed by atoms with Gasteiger partial charge in [0.2, 0.25) is 0 Å². The fourth-order valence-electron chi connectivity index (χ4n) is 2.19. The molecule has 0 radical (unpaired) electrons. The second kappa shape index (κ2) is 7.31. The third-order valence-corrected chi connectivity index (χ3v) is 3.80. The van der Waals surface area contributed by atoms with Crippen LogP contribution in [0.3, 0.4) is 0 Å². The Bertz CT molecular complexity index is 404. The van der Waals surface area contributed by atoms with Crippen molar-refractivity contribution in [2.75, 3.05) is 6.54 Å². The van der Waals surface area contributed by atoms with Gasteiger partial charge in [0, 0.05) is 10.6 Å². The molecule has 0 aliphatic rings. The number of nitrogens with one attached hydrogen (secondary N) is 1. The molecule has 108 valence electrons. The van der Waals surface area contributed by atoms with Gasteiger partial charge in [-0.1, -0.05) is 24.1 Å².